The van der Waals surface area contributed by atoms with Crippen molar-refractivity contribution in [2.24, 2.45) is 0 Å². The highest BCUT2D eigenvalue weighted by Gasteiger charge is 1.96. The summed E-state index contributed by atoms with van der Waals surface area (Å²) < 4.78 is 0. The molecule has 1 aromatic rings. The second-order valence-corrected chi connectivity index (χ2v) is 3.97. The van der Waals surface area contributed by atoms with E-state index in [0.29, 0.717) is 0 Å². The Labute approximate surface area is 87.0 Å². The summed E-state index contributed by atoms with van der Waals surface area (Å²) in [6.07, 6.45) is 2.19. The quantitative estimate of drug-likeness (QED) is 0.605. The van der Waals surface area contributed by atoms with Crippen LogP contribution in [0.15, 0.2) is 35.9 Å². The van der Waals surface area contributed by atoms with Gasteiger partial charge in [0.2, 0.25) is 0 Å². The number of hydrogen-bond donors (Lipinski definition) is 0. The van der Waals surface area contributed by atoms with E-state index in [1.165, 1.54) is 22.3 Å². The van der Waals surface area contributed by atoms with Gasteiger partial charge in [0.05, 0.1) is 0 Å². The minimum Gasteiger partial charge on any atom is -0.0958 e. The van der Waals surface area contributed by atoms with E-state index in [0.717, 1.165) is 5.57 Å². The van der Waals surface area contributed by atoms with Crippen molar-refractivity contribution >= 4 is 6.08 Å². The molecule has 0 fully saturated rings. The Morgan fingerprint density at radius 1 is 1.21 bits per heavy atom. The Hall–Kier alpha value is -1.30. The van der Waals surface area contributed by atoms with Gasteiger partial charge in [-0.25, -0.2) is 0 Å². The molecule has 0 aliphatic rings. The molecular formula is C14H18. The fourth-order valence-corrected chi connectivity index (χ4v) is 1.34. The van der Waals surface area contributed by atoms with E-state index in [1.54, 1.807) is 0 Å². The lowest BCUT2D eigenvalue weighted by Crippen LogP contribution is -1.84. The summed E-state index contributed by atoms with van der Waals surface area (Å²) in [5.41, 5.74) is 6.30. The lowest BCUT2D eigenvalue weighted by molar-refractivity contribution is 1.34. The van der Waals surface area contributed by atoms with Crippen molar-refractivity contribution in [2.45, 2.75) is 27.7 Å². The summed E-state index contributed by atoms with van der Waals surface area (Å²) in [6.45, 7) is 12.3. The molecule has 0 heterocycles. The first-order chi connectivity index (χ1) is 6.50. The summed E-state index contributed by atoms with van der Waals surface area (Å²) in [5.74, 6) is 0. The van der Waals surface area contributed by atoms with E-state index in [1.807, 2.05) is 6.92 Å². The first kappa shape index (κ1) is 10.8. The first-order valence-electron chi connectivity index (χ1n) is 4.92. The van der Waals surface area contributed by atoms with Crippen LogP contribution < -0.4 is 0 Å². The zero-order valence-electron chi connectivity index (χ0n) is 9.52. The summed E-state index contributed by atoms with van der Waals surface area (Å²) in [7, 11) is 0. The molecule has 0 unspecified atom stereocenters. The van der Waals surface area contributed by atoms with Crippen LogP contribution in [0, 0.1) is 13.8 Å². The average Bonchev–Trinajstić information content (AvgIpc) is 2.09. The largest absolute Gasteiger partial charge is 0.0958 e. The molecule has 0 bridgehead atoms. The van der Waals surface area contributed by atoms with Crippen LogP contribution in [0.4, 0.5) is 0 Å². The van der Waals surface area contributed by atoms with Gasteiger partial charge >= 0.3 is 0 Å². The Balaban J connectivity index is 3.09. The number of allylic oxidation sites excluding steroid dienone is 2. The topological polar surface area (TPSA) is 0 Å². The SMILES string of the molecule is C=C(C)/C(C)=C/c1ccc(C)cc1C. The lowest BCUT2D eigenvalue weighted by Gasteiger charge is -2.04. The maximum Gasteiger partial charge on any atom is -0.0224 e. The smallest absolute Gasteiger partial charge is 0.0224 e. The minimum absolute atomic E-state index is 1.13. The van der Waals surface area contributed by atoms with Crippen LogP contribution in [0.1, 0.15) is 30.5 Å². The first-order valence-corrected chi connectivity index (χ1v) is 4.92. The van der Waals surface area contributed by atoms with Gasteiger partial charge in [-0.3, -0.25) is 0 Å². The van der Waals surface area contributed by atoms with Gasteiger partial charge in [-0.2, -0.15) is 0 Å². The maximum atomic E-state index is 3.93. The van der Waals surface area contributed by atoms with Gasteiger partial charge in [-0.1, -0.05) is 42.0 Å². The standard InChI is InChI=1S/C14H18/c1-10(2)12(4)9-14-7-6-11(3)8-13(14)5/h6-9H,1H2,2-5H3/b12-9+. The van der Waals surface area contributed by atoms with Gasteiger partial charge in [-0.15, -0.1) is 0 Å². The van der Waals surface area contributed by atoms with Crippen molar-refractivity contribution in [1.29, 1.82) is 0 Å². The van der Waals surface area contributed by atoms with Gasteiger partial charge in [-0.05, 0) is 44.4 Å². The van der Waals surface area contributed by atoms with Crippen LogP contribution in [0.3, 0.4) is 0 Å². The van der Waals surface area contributed by atoms with Crippen LogP contribution in [0.5, 0.6) is 0 Å². The molecular weight excluding hydrogens is 168 g/mol. The maximum absolute atomic E-state index is 3.93. The molecule has 0 nitrogen and oxygen atoms in total. The fourth-order valence-electron chi connectivity index (χ4n) is 1.34. The summed E-state index contributed by atoms with van der Waals surface area (Å²) in [4.78, 5) is 0. The molecule has 0 spiro atoms. The molecule has 0 saturated heterocycles. The Kier molecular flexibility index (Phi) is 3.29. The highest BCUT2D eigenvalue weighted by Crippen LogP contribution is 2.16. The zero-order chi connectivity index (χ0) is 10.7. The van der Waals surface area contributed by atoms with E-state index in [-0.39, 0.29) is 0 Å². The van der Waals surface area contributed by atoms with Gasteiger partial charge in [0.25, 0.3) is 0 Å². The molecule has 0 heteroatoms. The van der Waals surface area contributed by atoms with Crippen LogP contribution in [-0.2, 0) is 0 Å². The van der Waals surface area contributed by atoms with Crippen LogP contribution in [0.25, 0.3) is 6.08 Å². The van der Waals surface area contributed by atoms with Gasteiger partial charge in [0, 0.05) is 0 Å². The molecule has 74 valence electrons. The highest BCUT2D eigenvalue weighted by atomic mass is 14.0. The van der Waals surface area contributed by atoms with E-state index in [4.69, 9.17) is 0 Å². The van der Waals surface area contributed by atoms with E-state index in [2.05, 4.69) is 51.6 Å². The Bertz CT molecular complexity index is 381. The number of aryl methyl sites for hydroxylation is 2. The van der Waals surface area contributed by atoms with E-state index < -0.39 is 0 Å². The third-order valence-corrected chi connectivity index (χ3v) is 2.47. The van der Waals surface area contributed by atoms with Crippen molar-refractivity contribution in [3.05, 3.63) is 52.6 Å². The average molecular weight is 186 g/mol. The second-order valence-electron chi connectivity index (χ2n) is 3.97. The molecule has 0 aliphatic heterocycles. The normalized spacial score (nSPS) is 11.6. The predicted molar refractivity (Wildman–Crippen MR) is 64.4 cm³/mol. The van der Waals surface area contributed by atoms with Crippen molar-refractivity contribution in [3.63, 3.8) is 0 Å². The number of rotatable bonds is 2. The second kappa shape index (κ2) is 4.28. The molecule has 1 aromatic carbocycles. The van der Waals surface area contributed by atoms with E-state index in [9.17, 15) is 0 Å². The summed E-state index contributed by atoms with van der Waals surface area (Å²) >= 11 is 0. The Morgan fingerprint density at radius 2 is 1.86 bits per heavy atom. The zero-order valence-corrected chi connectivity index (χ0v) is 9.52. The molecule has 0 N–H and O–H groups in total. The van der Waals surface area contributed by atoms with Crippen molar-refractivity contribution in [1.82, 2.24) is 0 Å². The van der Waals surface area contributed by atoms with Crippen molar-refractivity contribution in [3.8, 4) is 0 Å². The van der Waals surface area contributed by atoms with Crippen molar-refractivity contribution in [2.75, 3.05) is 0 Å². The summed E-state index contributed by atoms with van der Waals surface area (Å²) in [6, 6.07) is 6.51. The van der Waals surface area contributed by atoms with Crippen molar-refractivity contribution < 1.29 is 0 Å². The number of benzene rings is 1. The fraction of sp³-hybridized carbons (Fsp3) is 0.286. The van der Waals surface area contributed by atoms with Crippen LogP contribution >= 0.6 is 0 Å². The van der Waals surface area contributed by atoms with Gasteiger partial charge in [0.15, 0.2) is 0 Å². The monoisotopic (exact) mass is 186 g/mol. The third kappa shape index (κ3) is 2.59. The third-order valence-electron chi connectivity index (χ3n) is 2.47. The van der Waals surface area contributed by atoms with E-state index >= 15 is 0 Å². The molecule has 0 atom stereocenters. The van der Waals surface area contributed by atoms with Crippen LogP contribution in [-0.4, -0.2) is 0 Å². The van der Waals surface area contributed by atoms with Gasteiger partial charge in [0.1, 0.15) is 0 Å². The number of hydrogen-bond acceptors (Lipinski definition) is 0. The predicted octanol–water partition coefficient (Wildman–Crippen LogP) is 4.28. The van der Waals surface area contributed by atoms with Gasteiger partial charge < -0.3 is 0 Å². The molecule has 14 heavy (non-hydrogen) atoms. The summed E-state index contributed by atoms with van der Waals surface area (Å²) in [5, 5.41) is 0. The molecule has 1 rings (SSSR count). The molecule has 0 saturated carbocycles. The molecule has 0 aromatic heterocycles. The Morgan fingerprint density at radius 3 is 2.36 bits per heavy atom. The lowest BCUT2D eigenvalue weighted by atomic mass is 10.0. The molecule has 0 amide bonds. The minimum atomic E-state index is 1.13. The highest BCUT2D eigenvalue weighted by molar-refractivity contribution is 5.60. The molecule has 0 radical (unpaired) electrons. The molecule has 0 aliphatic carbocycles. The van der Waals surface area contributed by atoms with Crippen LogP contribution in [0.2, 0.25) is 0 Å².